The molecule has 4 nitrogen and oxygen atoms in total. The summed E-state index contributed by atoms with van der Waals surface area (Å²) in [4.78, 5) is 18.9. The zero-order valence-corrected chi connectivity index (χ0v) is 13.5. The van der Waals surface area contributed by atoms with E-state index in [4.69, 9.17) is 0 Å². The first-order valence-corrected chi connectivity index (χ1v) is 8.16. The predicted molar refractivity (Wildman–Crippen MR) is 101 cm³/mol. The summed E-state index contributed by atoms with van der Waals surface area (Å²) in [5.41, 5.74) is 2.95. The van der Waals surface area contributed by atoms with Gasteiger partial charge in [0.25, 0.3) is 0 Å². The molecule has 0 aliphatic heterocycles. The zero-order valence-electron chi connectivity index (χ0n) is 13.5. The van der Waals surface area contributed by atoms with Gasteiger partial charge in [0, 0.05) is 17.6 Å². The highest BCUT2D eigenvalue weighted by Crippen LogP contribution is 2.28. The molecule has 0 unspecified atom stereocenters. The van der Waals surface area contributed by atoms with E-state index in [1.165, 1.54) is 6.07 Å². The Morgan fingerprint density at radius 1 is 0.800 bits per heavy atom. The van der Waals surface area contributed by atoms with Gasteiger partial charge >= 0.3 is 0 Å². The van der Waals surface area contributed by atoms with Crippen LogP contribution in [-0.2, 0) is 0 Å². The number of hydrogen-bond acceptors (Lipinski definition) is 3. The highest BCUT2D eigenvalue weighted by molar-refractivity contribution is 5.88. The molecule has 2 heterocycles. The lowest BCUT2D eigenvalue weighted by molar-refractivity contribution is 0.930. The fourth-order valence-electron chi connectivity index (χ4n) is 2.99. The minimum absolute atomic E-state index is 0.0348. The van der Waals surface area contributed by atoms with Gasteiger partial charge in [0.2, 0.25) is 5.56 Å². The van der Waals surface area contributed by atoms with Crippen molar-refractivity contribution in [3.63, 3.8) is 0 Å². The molecule has 4 rings (SSSR count). The van der Waals surface area contributed by atoms with Gasteiger partial charge in [0.05, 0.1) is 11.6 Å². The minimum Gasteiger partial charge on any atom is -0.359 e. The molecule has 2 N–H and O–H groups in total. The van der Waals surface area contributed by atoms with Gasteiger partial charge in [-0.1, -0.05) is 60.7 Å². The summed E-state index contributed by atoms with van der Waals surface area (Å²) in [6.45, 7) is 0. The third-order valence-corrected chi connectivity index (χ3v) is 4.20. The average molecular weight is 327 g/mol. The van der Waals surface area contributed by atoms with Crippen molar-refractivity contribution >= 4 is 16.7 Å². The molecule has 122 valence electrons. The predicted octanol–water partition coefficient (Wildman–Crippen LogP) is 4.12. The largest absolute Gasteiger partial charge is 0.359 e. The summed E-state index contributed by atoms with van der Waals surface area (Å²) in [5, 5.41) is 4.43. The number of nitrogens with one attached hydrogen (secondary N) is 2. The minimum atomic E-state index is -0.118. The Labute approximate surface area is 145 Å². The number of nitrogens with zero attached hydrogens (tertiary/aromatic N) is 1. The molecule has 0 bridgehead atoms. The third kappa shape index (κ3) is 3.15. The molecule has 4 heteroatoms. The fourth-order valence-corrected chi connectivity index (χ4v) is 2.99. The number of aromatic amines is 1. The normalized spacial score (nSPS) is 10.9. The van der Waals surface area contributed by atoms with Gasteiger partial charge in [0.1, 0.15) is 5.82 Å². The number of rotatable bonds is 4. The van der Waals surface area contributed by atoms with Gasteiger partial charge in [-0.05, 0) is 23.3 Å². The molecule has 0 spiro atoms. The number of benzene rings is 2. The molecule has 0 aliphatic rings. The highest BCUT2D eigenvalue weighted by Gasteiger charge is 2.15. The smallest absolute Gasteiger partial charge is 0.248 e. The Bertz CT molecular complexity index is 1000. The van der Waals surface area contributed by atoms with Crippen LogP contribution in [0.2, 0.25) is 0 Å². The molecule has 0 saturated heterocycles. The number of hydrogen-bond donors (Lipinski definition) is 2. The van der Waals surface area contributed by atoms with Crippen LogP contribution in [-0.4, -0.2) is 9.97 Å². The van der Waals surface area contributed by atoms with Crippen LogP contribution in [0.25, 0.3) is 10.9 Å². The van der Waals surface area contributed by atoms with E-state index in [0.717, 1.165) is 27.8 Å². The van der Waals surface area contributed by atoms with Crippen LogP contribution < -0.4 is 10.9 Å². The van der Waals surface area contributed by atoms with Crippen molar-refractivity contribution in [2.24, 2.45) is 0 Å². The Kier molecular flexibility index (Phi) is 4.01. The summed E-state index contributed by atoms with van der Waals surface area (Å²) in [6.07, 6.45) is 1.70. The molecule has 0 aliphatic carbocycles. The van der Waals surface area contributed by atoms with Crippen molar-refractivity contribution in [1.82, 2.24) is 9.97 Å². The Morgan fingerprint density at radius 2 is 1.44 bits per heavy atom. The van der Waals surface area contributed by atoms with Crippen LogP contribution >= 0.6 is 0 Å². The second-order valence-electron chi connectivity index (χ2n) is 5.84. The summed E-state index contributed by atoms with van der Waals surface area (Å²) in [6, 6.07) is 25.6. The number of aromatic nitrogens is 2. The Morgan fingerprint density at radius 3 is 2.08 bits per heavy atom. The molecule has 25 heavy (non-hydrogen) atoms. The maximum atomic E-state index is 11.6. The lowest BCUT2D eigenvalue weighted by Gasteiger charge is -2.21. The first kappa shape index (κ1) is 15.1. The lowest BCUT2D eigenvalue weighted by atomic mass is 9.98. The summed E-state index contributed by atoms with van der Waals surface area (Å²) in [7, 11) is 0. The van der Waals surface area contributed by atoms with Gasteiger partial charge in [-0.15, -0.1) is 0 Å². The van der Waals surface area contributed by atoms with E-state index >= 15 is 0 Å². The van der Waals surface area contributed by atoms with E-state index in [0.29, 0.717) is 0 Å². The van der Waals surface area contributed by atoms with Crippen molar-refractivity contribution < 1.29 is 0 Å². The van der Waals surface area contributed by atoms with Gasteiger partial charge in [-0.2, -0.15) is 0 Å². The van der Waals surface area contributed by atoms with Crippen molar-refractivity contribution in [2.75, 3.05) is 5.32 Å². The second kappa shape index (κ2) is 6.61. The van der Waals surface area contributed by atoms with Gasteiger partial charge in [0.15, 0.2) is 0 Å². The third-order valence-electron chi connectivity index (χ3n) is 4.20. The van der Waals surface area contributed by atoms with E-state index in [-0.39, 0.29) is 11.6 Å². The standard InChI is InChI=1S/C21H17N3O/c25-19-12-11-17-18(23-19)13-14-22-21(17)24-20(15-7-3-1-4-8-15)16-9-5-2-6-10-16/h1-14,20H,(H,22,24)(H,23,25). The van der Waals surface area contributed by atoms with Crippen LogP contribution in [0.4, 0.5) is 5.82 Å². The summed E-state index contributed by atoms with van der Waals surface area (Å²) in [5.74, 6) is 0.742. The SMILES string of the molecule is O=c1ccc2c(NC(c3ccccc3)c3ccccc3)nccc2[nH]1. The molecule has 4 aromatic rings. The van der Waals surface area contributed by atoms with Crippen LogP contribution in [0.5, 0.6) is 0 Å². The van der Waals surface area contributed by atoms with Crippen LogP contribution in [0.15, 0.2) is 89.9 Å². The summed E-state index contributed by atoms with van der Waals surface area (Å²) < 4.78 is 0. The number of pyridine rings is 2. The topological polar surface area (TPSA) is 57.8 Å². The summed E-state index contributed by atoms with van der Waals surface area (Å²) >= 11 is 0. The van der Waals surface area contributed by atoms with E-state index in [1.54, 1.807) is 12.3 Å². The van der Waals surface area contributed by atoms with Gasteiger partial charge in [-0.25, -0.2) is 4.98 Å². The maximum absolute atomic E-state index is 11.6. The first-order valence-electron chi connectivity index (χ1n) is 8.16. The molecule has 0 fully saturated rings. The Hall–Kier alpha value is -3.40. The molecular weight excluding hydrogens is 310 g/mol. The van der Waals surface area contributed by atoms with E-state index in [9.17, 15) is 4.79 Å². The molecule has 2 aromatic heterocycles. The Balaban J connectivity index is 1.81. The van der Waals surface area contributed by atoms with Crippen LogP contribution in [0.3, 0.4) is 0 Å². The van der Waals surface area contributed by atoms with E-state index in [1.807, 2.05) is 42.5 Å². The van der Waals surface area contributed by atoms with Crippen LogP contribution in [0, 0.1) is 0 Å². The van der Waals surface area contributed by atoms with Gasteiger partial charge in [-0.3, -0.25) is 4.79 Å². The quantitative estimate of drug-likeness (QED) is 0.593. The maximum Gasteiger partial charge on any atom is 0.248 e. The molecule has 0 radical (unpaired) electrons. The molecule has 2 aromatic carbocycles. The fraction of sp³-hybridized carbons (Fsp3) is 0.0476. The molecule has 0 saturated carbocycles. The molecular formula is C21H17N3O. The lowest BCUT2D eigenvalue weighted by Crippen LogP contribution is -2.14. The first-order chi connectivity index (χ1) is 12.3. The van der Waals surface area contributed by atoms with Crippen molar-refractivity contribution in [3.05, 3.63) is 107 Å². The number of fused-ring (bicyclic) bond motifs is 1. The second-order valence-corrected chi connectivity index (χ2v) is 5.84. The average Bonchev–Trinajstić information content (AvgIpc) is 2.67. The van der Waals surface area contributed by atoms with Crippen LogP contribution in [0.1, 0.15) is 17.2 Å². The van der Waals surface area contributed by atoms with Crippen molar-refractivity contribution in [1.29, 1.82) is 0 Å². The highest BCUT2D eigenvalue weighted by atomic mass is 16.1. The monoisotopic (exact) mass is 327 g/mol. The van der Waals surface area contributed by atoms with E-state index < -0.39 is 0 Å². The number of H-pyrrole nitrogens is 1. The van der Waals surface area contributed by atoms with Gasteiger partial charge < -0.3 is 10.3 Å². The molecule has 0 amide bonds. The zero-order chi connectivity index (χ0) is 17.1. The van der Waals surface area contributed by atoms with Crippen molar-refractivity contribution in [3.8, 4) is 0 Å². The molecule has 0 atom stereocenters. The van der Waals surface area contributed by atoms with E-state index in [2.05, 4.69) is 39.6 Å². The van der Waals surface area contributed by atoms with Crippen molar-refractivity contribution in [2.45, 2.75) is 6.04 Å². The number of anilines is 1.